The smallest absolute Gasteiger partial charge is 0.222 e. The molecule has 1 saturated heterocycles. The molecule has 2 amide bonds. The zero-order chi connectivity index (χ0) is 16.5. The molecule has 132 valence electrons. The molecule has 2 fully saturated rings. The molecule has 2 aliphatic rings. The minimum Gasteiger partial charge on any atom is -0.354 e. The van der Waals surface area contributed by atoms with Crippen LogP contribution in [0.25, 0.3) is 0 Å². The van der Waals surface area contributed by atoms with E-state index in [2.05, 4.69) is 5.32 Å². The van der Waals surface area contributed by atoms with E-state index in [1.54, 1.807) is 0 Å². The van der Waals surface area contributed by atoms with E-state index >= 15 is 0 Å². The van der Waals surface area contributed by atoms with Crippen molar-refractivity contribution in [1.82, 2.24) is 10.2 Å². The van der Waals surface area contributed by atoms with Crippen molar-refractivity contribution in [2.75, 3.05) is 19.6 Å². The van der Waals surface area contributed by atoms with Crippen LogP contribution in [-0.4, -0.2) is 42.4 Å². The number of nitrogens with one attached hydrogen (secondary N) is 1. The van der Waals surface area contributed by atoms with Crippen molar-refractivity contribution in [3.63, 3.8) is 0 Å². The molecule has 1 unspecified atom stereocenters. The number of hydrogen-bond donors (Lipinski definition) is 2. The summed E-state index contributed by atoms with van der Waals surface area (Å²) in [6.07, 6.45) is 11.9. The van der Waals surface area contributed by atoms with Crippen LogP contribution in [0, 0.1) is 5.92 Å². The van der Waals surface area contributed by atoms with Crippen LogP contribution in [0.3, 0.4) is 0 Å². The molecule has 1 saturated carbocycles. The summed E-state index contributed by atoms with van der Waals surface area (Å²) in [7, 11) is 0. The highest BCUT2D eigenvalue weighted by Gasteiger charge is 2.26. The normalized spacial score (nSPS) is 22.3. The summed E-state index contributed by atoms with van der Waals surface area (Å²) in [5, 5.41) is 2.93. The summed E-state index contributed by atoms with van der Waals surface area (Å²) in [5.74, 6) is 1.13. The molecular weight excluding hydrogens is 290 g/mol. The van der Waals surface area contributed by atoms with Gasteiger partial charge in [-0.15, -0.1) is 0 Å². The third-order valence-electron chi connectivity index (χ3n) is 5.33. The van der Waals surface area contributed by atoms with Crippen LogP contribution in [0.2, 0.25) is 0 Å². The van der Waals surface area contributed by atoms with Gasteiger partial charge < -0.3 is 16.0 Å². The highest BCUT2D eigenvalue weighted by molar-refractivity contribution is 5.77. The van der Waals surface area contributed by atoms with Crippen molar-refractivity contribution in [3.8, 4) is 0 Å². The number of rotatable bonds is 8. The predicted molar refractivity (Wildman–Crippen MR) is 91.8 cm³/mol. The van der Waals surface area contributed by atoms with Gasteiger partial charge in [-0.05, 0) is 38.0 Å². The van der Waals surface area contributed by atoms with Gasteiger partial charge in [-0.2, -0.15) is 0 Å². The van der Waals surface area contributed by atoms with E-state index in [0.717, 1.165) is 38.1 Å². The van der Waals surface area contributed by atoms with Gasteiger partial charge in [0.25, 0.3) is 0 Å². The lowest BCUT2D eigenvalue weighted by Crippen LogP contribution is -2.49. The molecule has 3 N–H and O–H groups in total. The molecule has 2 rings (SSSR count). The van der Waals surface area contributed by atoms with Gasteiger partial charge in [0.05, 0.1) is 0 Å². The molecule has 0 aromatic heterocycles. The molecule has 1 aliphatic heterocycles. The number of piperidine rings is 1. The Morgan fingerprint density at radius 1 is 1.04 bits per heavy atom. The van der Waals surface area contributed by atoms with Crippen molar-refractivity contribution in [1.29, 1.82) is 0 Å². The Kier molecular flexibility index (Phi) is 7.86. The van der Waals surface area contributed by atoms with E-state index in [1.165, 1.54) is 32.1 Å². The summed E-state index contributed by atoms with van der Waals surface area (Å²) in [4.78, 5) is 26.1. The molecule has 5 heteroatoms. The lowest BCUT2D eigenvalue weighted by molar-refractivity contribution is -0.135. The lowest BCUT2D eigenvalue weighted by Gasteiger charge is -2.36. The first-order chi connectivity index (χ1) is 11.2. The minimum absolute atomic E-state index is 0.00768. The Labute approximate surface area is 140 Å². The number of carbonyl (C=O) groups excluding carboxylic acids is 2. The van der Waals surface area contributed by atoms with Crippen LogP contribution < -0.4 is 11.1 Å². The van der Waals surface area contributed by atoms with Crippen LogP contribution in [-0.2, 0) is 9.59 Å². The Balaban J connectivity index is 1.72. The van der Waals surface area contributed by atoms with Gasteiger partial charge in [-0.3, -0.25) is 9.59 Å². The van der Waals surface area contributed by atoms with Crippen molar-refractivity contribution < 1.29 is 9.59 Å². The second-order valence-electron chi connectivity index (χ2n) is 7.12. The molecule has 0 radical (unpaired) electrons. The highest BCUT2D eigenvalue weighted by atomic mass is 16.2. The molecule has 0 aromatic rings. The lowest BCUT2D eigenvalue weighted by atomic mass is 9.98. The van der Waals surface area contributed by atoms with Gasteiger partial charge in [-0.25, -0.2) is 0 Å². The third-order valence-corrected chi connectivity index (χ3v) is 5.33. The quantitative estimate of drug-likeness (QED) is 0.719. The molecule has 0 aromatic carbocycles. The SMILES string of the molecule is NCCC(=O)NCC1CCCCN1C(=O)CCCC1CCCC1. The number of hydrogen-bond acceptors (Lipinski definition) is 3. The van der Waals surface area contributed by atoms with Gasteiger partial charge in [0.15, 0.2) is 0 Å². The fourth-order valence-corrected chi connectivity index (χ4v) is 3.98. The van der Waals surface area contributed by atoms with Gasteiger partial charge in [-0.1, -0.05) is 25.7 Å². The number of likely N-dealkylation sites (tertiary alicyclic amines) is 1. The summed E-state index contributed by atoms with van der Waals surface area (Å²) < 4.78 is 0. The average Bonchev–Trinajstić information content (AvgIpc) is 3.07. The van der Waals surface area contributed by atoms with Crippen molar-refractivity contribution in [3.05, 3.63) is 0 Å². The fraction of sp³-hybridized carbons (Fsp3) is 0.889. The minimum atomic E-state index is -0.00768. The standard InChI is InChI=1S/C18H33N3O2/c19-12-11-17(22)20-14-16-9-3-4-13-21(16)18(23)10-5-8-15-6-1-2-7-15/h15-16H,1-14,19H2,(H,20,22). The van der Waals surface area contributed by atoms with E-state index in [9.17, 15) is 9.59 Å². The molecule has 23 heavy (non-hydrogen) atoms. The first-order valence-electron chi connectivity index (χ1n) is 9.47. The van der Waals surface area contributed by atoms with Gasteiger partial charge in [0.2, 0.25) is 11.8 Å². The van der Waals surface area contributed by atoms with Crippen LogP contribution in [0.5, 0.6) is 0 Å². The second kappa shape index (κ2) is 9.91. The fourth-order valence-electron chi connectivity index (χ4n) is 3.98. The molecule has 0 spiro atoms. The number of nitrogens with zero attached hydrogens (tertiary/aromatic N) is 1. The number of amides is 2. The van der Waals surface area contributed by atoms with Crippen molar-refractivity contribution in [2.45, 2.75) is 76.7 Å². The van der Waals surface area contributed by atoms with Crippen molar-refractivity contribution >= 4 is 11.8 Å². The largest absolute Gasteiger partial charge is 0.354 e. The molecule has 1 heterocycles. The Bertz CT molecular complexity index is 380. The molecular formula is C18H33N3O2. The summed E-state index contributed by atoms with van der Waals surface area (Å²) in [5.41, 5.74) is 5.39. The summed E-state index contributed by atoms with van der Waals surface area (Å²) in [6, 6.07) is 0.171. The second-order valence-corrected chi connectivity index (χ2v) is 7.12. The summed E-state index contributed by atoms with van der Waals surface area (Å²) in [6.45, 7) is 1.80. The van der Waals surface area contributed by atoms with E-state index in [4.69, 9.17) is 5.73 Å². The Morgan fingerprint density at radius 2 is 1.78 bits per heavy atom. The van der Waals surface area contributed by atoms with Crippen LogP contribution in [0.15, 0.2) is 0 Å². The van der Waals surface area contributed by atoms with Crippen LogP contribution >= 0.6 is 0 Å². The third kappa shape index (κ3) is 6.13. The van der Waals surface area contributed by atoms with Gasteiger partial charge in [0.1, 0.15) is 0 Å². The summed E-state index contributed by atoms with van der Waals surface area (Å²) >= 11 is 0. The first-order valence-corrected chi connectivity index (χ1v) is 9.47. The maximum absolute atomic E-state index is 12.5. The van der Waals surface area contributed by atoms with E-state index in [-0.39, 0.29) is 17.9 Å². The number of nitrogens with two attached hydrogens (primary N) is 1. The monoisotopic (exact) mass is 323 g/mol. The Hall–Kier alpha value is -1.10. The molecule has 0 bridgehead atoms. The van der Waals surface area contributed by atoms with E-state index < -0.39 is 0 Å². The predicted octanol–water partition coefficient (Wildman–Crippen LogP) is 2.19. The molecule has 5 nitrogen and oxygen atoms in total. The van der Waals surface area contributed by atoms with E-state index in [0.29, 0.717) is 25.9 Å². The zero-order valence-electron chi connectivity index (χ0n) is 14.4. The van der Waals surface area contributed by atoms with Crippen molar-refractivity contribution in [2.24, 2.45) is 11.7 Å². The topological polar surface area (TPSA) is 75.4 Å². The first kappa shape index (κ1) is 18.2. The Morgan fingerprint density at radius 3 is 2.52 bits per heavy atom. The average molecular weight is 323 g/mol. The maximum Gasteiger partial charge on any atom is 0.222 e. The van der Waals surface area contributed by atoms with Crippen LogP contribution in [0.4, 0.5) is 0 Å². The maximum atomic E-state index is 12.5. The van der Waals surface area contributed by atoms with E-state index in [1.807, 2.05) is 4.90 Å². The van der Waals surface area contributed by atoms with Gasteiger partial charge in [0, 0.05) is 38.5 Å². The highest BCUT2D eigenvalue weighted by Crippen LogP contribution is 2.29. The van der Waals surface area contributed by atoms with Gasteiger partial charge >= 0.3 is 0 Å². The molecule has 1 aliphatic carbocycles. The molecule has 1 atom stereocenters. The van der Waals surface area contributed by atoms with Crippen LogP contribution in [0.1, 0.15) is 70.6 Å². The zero-order valence-corrected chi connectivity index (χ0v) is 14.4. The number of carbonyl (C=O) groups is 2.